The molecule has 3 heteroatoms. The van der Waals surface area contributed by atoms with Gasteiger partial charge in [-0.1, -0.05) is 13.8 Å². The van der Waals surface area contributed by atoms with Crippen LogP contribution in [0.15, 0.2) is 12.0 Å². The number of hydrogen-bond acceptors (Lipinski definition) is 3. The first-order chi connectivity index (χ1) is 5.26. The molecule has 0 fully saturated rings. The summed E-state index contributed by atoms with van der Waals surface area (Å²) in [4.78, 5) is 0. The van der Waals surface area contributed by atoms with Crippen molar-refractivity contribution >= 4 is 0 Å². The summed E-state index contributed by atoms with van der Waals surface area (Å²) in [5, 5.41) is 8.72. The molecule has 1 N–H and O–H groups in total. The minimum Gasteiger partial charge on any atom is -0.456 e. The van der Waals surface area contributed by atoms with E-state index in [4.69, 9.17) is 14.6 Å². The molecular weight excluding hydrogens is 144 g/mol. The molecule has 0 bridgehead atoms. The largest absolute Gasteiger partial charge is 0.456 e. The molecule has 0 atom stereocenters. The second kappa shape index (κ2) is 3.13. The average molecular weight is 158 g/mol. The van der Waals surface area contributed by atoms with Crippen molar-refractivity contribution in [2.45, 2.75) is 32.5 Å². The molecule has 1 aliphatic rings. The van der Waals surface area contributed by atoms with Crippen LogP contribution in [0.5, 0.6) is 0 Å². The molecular formula is C8H14O3. The van der Waals surface area contributed by atoms with Crippen LogP contribution in [0.25, 0.3) is 0 Å². The molecule has 0 aromatic rings. The zero-order valence-electron chi connectivity index (χ0n) is 6.96. The van der Waals surface area contributed by atoms with Crippen molar-refractivity contribution in [1.82, 2.24) is 0 Å². The Labute approximate surface area is 66.6 Å². The van der Waals surface area contributed by atoms with E-state index < -0.39 is 5.79 Å². The summed E-state index contributed by atoms with van der Waals surface area (Å²) < 4.78 is 10.7. The van der Waals surface area contributed by atoms with Crippen molar-refractivity contribution in [3.63, 3.8) is 0 Å². The van der Waals surface area contributed by atoms with Gasteiger partial charge >= 0.3 is 0 Å². The molecule has 0 spiro atoms. The summed E-state index contributed by atoms with van der Waals surface area (Å²) in [5.74, 6) is 0.0200. The van der Waals surface area contributed by atoms with Crippen molar-refractivity contribution in [2.75, 3.05) is 6.61 Å². The maximum absolute atomic E-state index is 8.72. The van der Waals surface area contributed by atoms with Gasteiger partial charge in [0.2, 0.25) is 5.79 Å². The van der Waals surface area contributed by atoms with Crippen LogP contribution >= 0.6 is 0 Å². The van der Waals surface area contributed by atoms with Gasteiger partial charge in [-0.15, -0.1) is 0 Å². The Hall–Kier alpha value is -0.700. The van der Waals surface area contributed by atoms with Crippen LogP contribution < -0.4 is 0 Å². The summed E-state index contributed by atoms with van der Waals surface area (Å²) in [7, 11) is 0. The van der Waals surface area contributed by atoms with Crippen LogP contribution in [0, 0.1) is 0 Å². The molecule has 0 aliphatic carbocycles. The van der Waals surface area contributed by atoms with E-state index >= 15 is 0 Å². The Morgan fingerprint density at radius 2 is 2.09 bits per heavy atom. The third-order valence-electron chi connectivity index (χ3n) is 1.96. The molecule has 11 heavy (non-hydrogen) atoms. The van der Waals surface area contributed by atoms with Crippen LogP contribution in [-0.4, -0.2) is 17.5 Å². The van der Waals surface area contributed by atoms with Gasteiger partial charge in [0.1, 0.15) is 12.9 Å². The second-order valence-corrected chi connectivity index (χ2v) is 2.58. The molecule has 0 unspecified atom stereocenters. The van der Waals surface area contributed by atoms with E-state index in [9.17, 15) is 0 Å². The number of aliphatic hydroxyl groups is 1. The van der Waals surface area contributed by atoms with Crippen molar-refractivity contribution < 1.29 is 14.6 Å². The Morgan fingerprint density at radius 1 is 1.45 bits per heavy atom. The Morgan fingerprint density at radius 3 is 2.36 bits per heavy atom. The van der Waals surface area contributed by atoms with Gasteiger partial charge in [-0.2, -0.15) is 0 Å². The van der Waals surface area contributed by atoms with E-state index in [1.807, 2.05) is 13.8 Å². The molecule has 3 nitrogen and oxygen atoms in total. The highest BCUT2D eigenvalue weighted by Crippen LogP contribution is 2.30. The van der Waals surface area contributed by atoms with E-state index in [1.165, 1.54) is 6.26 Å². The number of hydrogen-bond donors (Lipinski definition) is 1. The molecule has 0 radical (unpaired) electrons. The van der Waals surface area contributed by atoms with Gasteiger partial charge in [0.25, 0.3) is 0 Å². The quantitative estimate of drug-likeness (QED) is 0.674. The van der Waals surface area contributed by atoms with Gasteiger partial charge in [-0.3, -0.25) is 0 Å². The first kappa shape index (κ1) is 8.40. The van der Waals surface area contributed by atoms with Crippen molar-refractivity contribution in [3.8, 4) is 0 Å². The fraction of sp³-hybridized carbons (Fsp3) is 0.750. The molecule has 1 aliphatic heterocycles. The smallest absolute Gasteiger partial charge is 0.249 e. The summed E-state index contributed by atoms with van der Waals surface area (Å²) in [5.41, 5.74) is 0. The lowest BCUT2D eigenvalue weighted by atomic mass is 10.1. The molecule has 0 aromatic heterocycles. The van der Waals surface area contributed by atoms with Crippen LogP contribution in [0.4, 0.5) is 0 Å². The molecule has 0 saturated carbocycles. The van der Waals surface area contributed by atoms with E-state index in [0.717, 1.165) is 12.8 Å². The van der Waals surface area contributed by atoms with Gasteiger partial charge in [-0.05, 0) is 0 Å². The number of rotatable bonds is 3. The average Bonchev–Trinajstić information content (AvgIpc) is 2.49. The topological polar surface area (TPSA) is 38.7 Å². The van der Waals surface area contributed by atoms with Crippen molar-refractivity contribution in [2.24, 2.45) is 0 Å². The molecule has 64 valence electrons. The third-order valence-corrected chi connectivity index (χ3v) is 1.96. The van der Waals surface area contributed by atoms with Crippen LogP contribution in [0.1, 0.15) is 26.7 Å². The van der Waals surface area contributed by atoms with Gasteiger partial charge in [0.15, 0.2) is 5.76 Å². The van der Waals surface area contributed by atoms with E-state index in [-0.39, 0.29) is 6.61 Å². The molecule has 0 aromatic carbocycles. The molecule has 0 saturated heterocycles. The zero-order valence-corrected chi connectivity index (χ0v) is 6.96. The summed E-state index contributed by atoms with van der Waals surface area (Å²) in [6.07, 6.45) is 3.08. The molecule has 1 heterocycles. The number of aliphatic hydroxyl groups excluding tert-OH is 1. The summed E-state index contributed by atoms with van der Waals surface area (Å²) in [6.45, 7) is 3.91. The summed E-state index contributed by atoms with van der Waals surface area (Å²) >= 11 is 0. The first-order valence-electron chi connectivity index (χ1n) is 3.93. The Bertz CT molecular complexity index is 159. The van der Waals surface area contributed by atoms with Crippen LogP contribution in [0.3, 0.4) is 0 Å². The van der Waals surface area contributed by atoms with Gasteiger partial charge in [0.05, 0.1) is 0 Å². The van der Waals surface area contributed by atoms with Crippen LogP contribution in [0.2, 0.25) is 0 Å². The monoisotopic (exact) mass is 158 g/mol. The predicted octanol–water partition coefficient (Wildman–Crippen LogP) is 1.38. The maximum atomic E-state index is 8.72. The molecule has 0 amide bonds. The minimum atomic E-state index is -0.502. The maximum Gasteiger partial charge on any atom is 0.249 e. The number of ether oxygens (including phenoxy) is 2. The SMILES string of the molecule is CCC1(CC)OC=C(CO)O1. The lowest BCUT2D eigenvalue weighted by Gasteiger charge is -2.25. The van der Waals surface area contributed by atoms with Crippen LogP contribution in [-0.2, 0) is 9.47 Å². The minimum absolute atomic E-state index is 0.0816. The summed E-state index contributed by atoms with van der Waals surface area (Å²) in [6, 6.07) is 0. The fourth-order valence-corrected chi connectivity index (χ4v) is 1.09. The normalized spacial score (nSPS) is 20.5. The van der Waals surface area contributed by atoms with E-state index in [1.54, 1.807) is 0 Å². The van der Waals surface area contributed by atoms with Gasteiger partial charge in [0, 0.05) is 12.8 Å². The Balaban J connectivity index is 2.54. The standard InChI is InChI=1S/C8H14O3/c1-3-8(4-2)10-6-7(5-9)11-8/h6,9H,3-5H2,1-2H3. The highest BCUT2D eigenvalue weighted by atomic mass is 16.7. The third kappa shape index (κ3) is 1.48. The fourth-order valence-electron chi connectivity index (χ4n) is 1.09. The van der Waals surface area contributed by atoms with Gasteiger partial charge < -0.3 is 14.6 Å². The second-order valence-electron chi connectivity index (χ2n) is 2.58. The van der Waals surface area contributed by atoms with Crippen molar-refractivity contribution in [3.05, 3.63) is 12.0 Å². The van der Waals surface area contributed by atoms with Crippen molar-refractivity contribution in [1.29, 1.82) is 0 Å². The zero-order chi connectivity index (χ0) is 8.32. The van der Waals surface area contributed by atoms with E-state index in [0.29, 0.717) is 5.76 Å². The van der Waals surface area contributed by atoms with Gasteiger partial charge in [-0.25, -0.2) is 0 Å². The Kier molecular flexibility index (Phi) is 2.39. The highest BCUT2D eigenvalue weighted by molar-refractivity contribution is 4.96. The highest BCUT2D eigenvalue weighted by Gasteiger charge is 2.34. The molecule has 1 rings (SSSR count). The lowest BCUT2D eigenvalue weighted by Crippen LogP contribution is -2.28. The first-order valence-corrected chi connectivity index (χ1v) is 3.93. The predicted molar refractivity (Wildman–Crippen MR) is 40.7 cm³/mol. The van der Waals surface area contributed by atoms with E-state index in [2.05, 4.69) is 0 Å². The lowest BCUT2D eigenvalue weighted by molar-refractivity contribution is -0.154.